The lowest BCUT2D eigenvalue weighted by Crippen LogP contribution is -1.93. The van der Waals surface area contributed by atoms with Crippen LogP contribution in [0.5, 0.6) is 5.75 Å². The normalized spacial score (nSPS) is 10.1. The van der Waals surface area contributed by atoms with E-state index in [1.165, 1.54) is 6.07 Å². The van der Waals surface area contributed by atoms with Gasteiger partial charge in [-0.2, -0.15) is 0 Å². The van der Waals surface area contributed by atoms with E-state index < -0.39 is 5.63 Å². The first-order valence-corrected chi connectivity index (χ1v) is 4.96. The molecule has 0 unspecified atom stereocenters. The predicted molar refractivity (Wildman–Crippen MR) is 60.2 cm³/mol. The quantitative estimate of drug-likeness (QED) is 0.828. The number of hydrogen-bond acceptors (Lipinski definition) is 4. The van der Waals surface area contributed by atoms with Crippen molar-refractivity contribution in [2.45, 2.75) is 6.92 Å². The van der Waals surface area contributed by atoms with Gasteiger partial charge in [-0.05, 0) is 31.2 Å². The molecule has 0 aliphatic heterocycles. The molecule has 0 saturated carbocycles. The van der Waals surface area contributed by atoms with Gasteiger partial charge in [-0.25, -0.2) is 9.95 Å². The van der Waals surface area contributed by atoms with E-state index in [2.05, 4.69) is 15.0 Å². The fourth-order valence-electron chi connectivity index (χ4n) is 1.30. The Labute approximate surface area is 92.0 Å². The minimum absolute atomic E-state index is 0.409. The third-order valence-corrected chi connectivity index (χ3v) is 1.97. The zero-order chi connectivity index (χ0) is 11.4. The lowest BCUT2D eigenvalue weighted by molar-refractivity contribution is 0.340. The van der Waals surface area contributed by atoms with Gasteiger partial charge in [0, 0.05) is 5.69 Å². The van der Waals surface area contributed by atoms with E-state index in [-0.39, 0.29) is 0 Å². The second kappa shape index (κ2) is 4.57. The van der Waals surface area contributed by atoms with Gasteiger partial charge in [0.1, 0.15) is 11.6 Å². The molecule has 2 aromatic rings. The van der Waals surface area contributed by atoms with Crippen molar-refractivity contribution in [3.05, 3.63) is 40.8 Å². The number of nitrogens with one attached hydrogen (secondary N) is 2. The molecule has 84 valence electrons. The Kier molecular flexibility index (Phi) is 2.95. The van der Waals surface area contributed by atoms with E-state index in [1.807, 2.05) is 31.2 Å². The van der Waals surface area contributed by atoms with Crippen molar-refractivity contribution in [1.82, 2.24) is 5.16 Å². The van der Waals surface area contributed by atoms with Gasteiger partial charge in [-0.1, -0.05) is 0 Å². The molecule has 0 aliphatic rings. The lowest BCUT2D eigenvalue weighted by atomic mass is 10.3. The molecular weight excluding hydrogens is 208 g/mol. The summed E-state index contributed by atoms with van der Waals surface area (Å²) >= 11 is 0. The van der Waals surface area contributed by atoms with Gasteiger partial charge in [-0.15, -0.1) is 0 Å². The zero-order valence-electron chi connectivity index (χ0n) is 8.82. The summed E-state index contributed by atoms with van der Waals surface area (Å²) in [5.74, 6) is 1.34. The molecule has 0 aliphatic carbocycles. The summed E-state index contributed by atoms with van der Waals surface area (Å²) in [5.41, 5.74) is 0.439. The summed E-state index contributed by atoms with van der Waals surface area (Å²) in [6, 6.07) is 8.76. The van der Waals surface area contributed by atoms with Gasteiger partial charge in [0.05, 0.1) is 12.7 Å². The van der Waals surface area contributed by atoms with E-state index in [1.54, 1.807) is 0 Å². The highest BCUT2D eigenvalue weighted by Gasteiger charge is 1.99. The Morgan fingerprint density at radius 1 is 1.38 bits per heavy atom. The maximum Gasteiger partial charge on any atom is 0.359 e. The average Bonchev–Trinajstić information content (AvgIpc) is 2.67. The van der Waals surface area contributed by atoms with Gasteiger partial charge in [0.2, 0.25) is 0 Å². The van der Waals surface area contributed by atoms with Gasteiger partial charge < -0.3 is 14.6 Å². The number of ether oxygens (including phenoxy) is 1. The van der Waals surface area contributed by atoms with Crippen LogP contribution in [-0.2, 0) is 0 Å². The van der Waals surface area contributed by atoms with Crippen LogP contribution >= 0.6 is 0 Å². The molecule has 1 aromatic heterocycles. The second-order valence-electron chi connectivity index (χ2n) is 3.16. The molecule has 1 heterocycles. The van der Waals surface area contributed by atoms with Crippen LogP contribution in [0.4, 0.5) is 11.5 Å². The fourth-order valence-corrected chi connectivity index (χ4v) is 1.30. The summed E-state index contributed by atoms with van der Waals surface area (Å²) in [7, 11) is 0. The molecule has 2 N–H and O–H groups in total. The largest absolute Gasteiger partial charge is 0.494 e. The third kappa shape index (κ3) is 2.44. The van der Waals surface area contributed by atoms with Crippen molar-refractivity contribution in [2.75, 3.05) is 11.9 Å². The lowest BCUT2D eigenvalue weighted by Gasteiger charge is -2.05. The van der Waals surface area contributed by atoms with Crippen molar-refractivity contribution in [3.8, 4) is 5.75 Å². The number of rotatable bonds is 4. The van der Waals surface area contributed by atoms with E-state index in [4.69, 9.17) is 4.74 Å². The Bertz CT molecular complexity index is 498. The van der Waals surface area contributed by atoms with Crippen LogP contribution in [0.15, 0.2) is 39.6 Å². The van der Waals surface area contributed by atoms with Crippen LogP contribution in [0.2, 0.25) is 0 Å². The van der Waals surface area contributed by atoms with Crippen molar-refractivity contribution in [3.63, 3.8) is 0 Å². The molecular formula is C11H12N2O3. The van der Waals surface area contributed by atoms with Crippen LogP contribution in [0.3, 0.4) is 0 Å². The zero-order valence-corrected chi connectivity index (χ0v) is 8.82. The molecule has 5 nitrogen and oxygen atoms in total. The molecule has 0 spiro atoms. The molecule has 2 rings (SSSR count). The first kappa shape index (κ1) is 10.4. The molecule has 16 heavy (non-hydrogen) atoms. The monoisotopic (exact) mass is 220 g/mol. The number of benzene rings is 1. The Balaban J connectivity index is 2.07. The van der Waals surface area contributed by atoms with Crippen LogP contribution in [-0.4, -0.2) is 11.8 Å². The number of hydrogen-bond donors (Lipinski definition) is 2. The van der Waals surface area contributed by atoms with E-state index in [9.17, 15) is 4.79 Å². The first-order chi connectivity index (χ1) is 7.78. The predicted octanol–water partition coefficient (Wildman–Crippen LogP) is 2.11. The van der Waals surface area contributed by atoms with Crippen LogP contribution < -0.4 is 15.7 Å². The molecule has 0 radical (unpaired) electrons. The SMILES string of the molecule is CCOc1ccc(Nc2cc(=O)o[nH]2)cc1. The van der Waals surface area contributed by atoms with Crippen molar-refractivity contribution in [2.24, 2.45) is 0 Å². The molecule has 0 amide bonds. The van der Waals surface area contributed by atoms with Gasteiger partial charge in [0.15, 0.2) is 0 Å². The maximum absolute atomic E-state index is 10.8. The molecule has 0 bridgehead atoms. The topological polar surface area (TPSA) is 67.3 Å². The Morgan fingerprint density at radius 2 is 2.12 bits per heavy atom. The van der Waals surface area contributed by atoms with Crippen molar-refractivity contribution < 1.29 is 9.26 Å². The van der Waals surface area contributed by atoms with Gasteiger partial charge >= 0.3 is 5.63 Å². The molecule has 0 fully saturated rings. The van der Waals surface area contributed by atoms with Crippen LogP contribution in [0, 0.1) is 0 Å². The summed E-state index contributed by atoms with van der Waals surface area (Å²) in [6.45, 7) is 2.57. The smallest absolute Gasteiger partial charge is 0.359 e. The summed E-state index contributed by atoms with van der Waals surface area (Å²) in [6.07, 6.45) is 0. The summed E-state index contributed by atoms with van der Waals surface area (Å²) in [5, 5.41) is 5.45. The summed E-state index contributed by atoms with van der Waals surface area (Å²) < 4.78 is 9.84. The Hall–Kier alpha value is -2.17. The van der Waals surface area contributed by atoms with Crippen LogP contribution in [0.1, 0.15) is 6.92 Å². The second-order valence-corrected chi connectivity index (χ2v) is 3.16. The number of aromatic amines is 1. The van der Waals surface area contributed by atoms with Crippen LogP contribution in [0.25, 0.3) is 0 Å². The molecule has 0 atom stereocenters. The van der Waals surface area contributed by atoms with E-state index in [0.29, 0.717) is 12.4 Å². The van der Waals surface area contributed by atoms with E-state index >= 15 is 0 Å². The standard InChI is InChI=1S/C11H12N2O3/c1-2-15-9-5-3-8(4-6-9)12-10-7-11(14)16-13-10/h3-7,12-13H,2H2,1H3. The minimum atomic E-state index is -0.409. The van der Waals surface area contributed by atoms with Crippen molar-refractivity contribution >= 4 is 11.5 Å². The first-order valence-electron chi connectivity index (χ1n) is 4.96. The highest BCUT2D eigenvalue weighted by Crippen LogP contribution is 2.18. The van der Waals surface area contributed by atoms with Gasteiger partial charge in [-0.3, -0.25) is 0 Å². The molecule has 5 heteroatoms. The molecule has 0 saturated heterocycles. The highest BCUT2D eigenvalue weighted by atomic mass is 16.5. The number of aromatic nitrogens is 1. The van der Waals surface area contributed by atoms with Crippen molar-refractivity contribution in [1.29, 1.82) is 0 Å². The maximum atomic E-state index is 10.8. The number of anilines is 2. The fraction of sp³-hybridized carbons (Fsp3) is 0.182. The highest BCUT2D eigenvalue weighted by molar-refractivity contribution is 5.56. The number of H-pyrrole nitrogens is 1. The van der Waals surface area contributed by atoms with E-state index in [0.717, 1.165) is 11.4 Å². The van der Waals surface area contributed by atoms with Gasteiger partial charge in [0.25, 0.3) is 0 Å². The Morgan fingerprint density at radius 3 is 2.69 bits per heavy atom. The summed E-state index contributed by atoms with van der Waals surface area (Å²) in [4.78, 5) is 10.8. The average molecular weight is 220 g/mol. The third-order valence-electron chi connectivity index (χ3n) is 1.97. The minimum Gasteiger partial charge on any atom is -0.494 e. The molecule has 1 aromatic carbocycles.